The van der Waals surface area contributed by atoms with Gasteiger partial charge < -0.3 is 5.32 Å². The zero-order valence-corrected chi connectivity index (χ0v) is 12.8. The molecular formula is C15H11BrClN3. The van der Waals surface area contributed by atoms with E-state index in [2.05, 4.69) is 26.2 Å². The topological polar surface area (TPSA) is 29.9 Å². The van der Waals surface area contributed by atoms with Gasteiger partial charge in [-0.05, 0) is 30.3 Å². The van der Waals surface area contributed by atoms with Crippen LogP contribution in [0.3, 0.4) is 0 Å². The van der Waals surface area contributed by atoms with E-state index in [1.54, 1.807) is 6.20 Å². The first-order valence-electron chi connectivity index (χ1n) is 6.05. The molecule has 1 heterocycles. The number of hydrogen-bond donors (Lipinski definition) is 1. The van der Waals surface area contributed by atoms with E-state index in [9.17, 15) is 0 Å². The first-order valence-corrected chi connectivity index (χ1v) is 7.22. The fourth-order valence-corrected chi connectivity index (χ4v) is 2.47. The van der Waals surface area contributed by atoms with Crippen LogP contribution >= 0.6 is 27.5 Å². The van der Waals surface area contributed by atoms with Crippen LogP contribution in [0.25, 0.3) is 5.69 Å². The summed E-state index contributed by atoms with van der Waals surface area (Å²) in [5.74, 6) is 0.719. The Bertz CT molecular complexity index is 725. The van der Waals surface area contributed by atoms with Gasteiger partial charge in [-0.3, -0.25) is 4.57 Å². The largest absolute Gasteiger partial charge is 0.325 e. The Morgan fingerprint density at radius 2 is 1.90 bits per heavy atom. The van der Waals surface area contributed by atoms with Gasteiger partial charge in [-0.25, -0.2) is 4.98 Å². The number of nitrogens with one attached hydrogen (secondary N) is 1. The molecular weight excluding hydrogens is 338 g/mol. The monoisotopic (exact) mass is 347 g/mol. The maximum absolute atomic E-state index is 6.27. The summed E-state index contributed by atoms with van der Waals surface area (Å²) < 4.78 is 2.89. The van der Waals surface area contributed by atoms with Crippen molar-refractivity contribution in [3.63, 3.8) is 0 Å². The van der Waals surface area contributed by atoms with Gasteiger partial charge >= 0.3 is 0 Å². The van der Waals surface area contributed by atoms with E-state index >= 15 is 0 Å². The van der Waals surface area contributed by atoms with Gasteiger partial charge in [0.1, 0.15) is 0 Å². The quantitative estimate of drug-likeness (QED) is 0.719. The van der Waals surface area contributed by atoms with Crippen LogP contribution in [0, 0.1) is 0 Å². The molecule has 20 heavy (non-hydrogen) atoms. The smallest absolute Gasteiger partial charge is 0.212 e. The second-order valence-electron chi connectivity index (χ2n) is 4.21. The fraction of sp³-hybridized carbons (Fsp3) is 0. The molecule has 2 aromatic carbocycles. The van der Waals surface area contributed by atoms with Gasteiger partial charge in [-0.1, -0.05) is 45.7 Å². The molecule has 0 atom stereocenters. The van der Waals surface area contributed by atoms with E-state index < -0.39 is 0 Å². The summed E-state index contributed by atoms with van der Waals surface area (Å²) in [6.45, 7) is 0. The molecule has 5 heteroatoms. The highest BCUT2D eigenvalue weighted by Crippen LogP contribution is 2.27. The number of imidazole rings is 1. The Hall–Kier alpha value is -1.78. The Labute approximate surface area is 130 Å². The third kappa shape index (κ3) is 2.71. The van der Waals surface area contributed by atoms with Crippen molar-refractivity contribution in [3.8, 4) is 5.69 Å². The normalized spacial score (nSPS) is 10.5. The minimum atomic E-state index is 0.669. The molecule has 0 saturated heterocycles. The molecule has 0 spiro atoms. The average molecular weight is 349 g/mol. The highest BCUT2D eigenvalue weighted by Gasteiger charge is 2.09. The molecule has 3 rings (SSSR count). The molecule has 100 valence electrons. The fourth-order valence-electron chi connectivity index (χ4n) is 1.91. The van der Waals surface area contributed by atoms with Crippen LogP contribution < -0.4 is 5.32 Å². The van der Waals surface area contributed by atoms with E-state index in [1.165, 1.54) is 0 Å². The van der Waals surface area contributed by atoms with Crippen LogP contribution in [0.2, 0.25) is 5.02 Å². The van der Waals surface area contributed by atoms with Gasteiger partial charge in [0.05, 0.1) is 10.7 Å². The lowest BCUT2D eigenvalue weighted by molar-refractivity contribution is 1.06. The third-order valence-corrected chi connectivity index (χ3v) is 3.65. The minimum absolute atomic E-state index is 0.669. The van der Waals surface area contributed by atoms with Crippen molar-refractivity contribution in [3.05, 3.63) is 70.4 Å². The van der Waals surface area contributed by atoms with E-state index in [1.807, 2.05) is 59.3 Å². The second-order valence-corrected chi connectivity index (χ2v) is 5.53. The summed E-state index contributed by atoms with van der Waals surface area (Å²) in [5.41, 5.74) is 1.85. The van der Waals surface area contributed by atoms with Gasteiger partial charge in [-0.2, -0.15) is 0 Å². The summed E-state index contributed by atoms with van der Waals surface area (Å²) in [7, 11) is 0. The number of aromatic nitrogens is 2. The molecule has 0 bridgehead atoms. The number of hydrogen-bond acceptors (Lipinski definition) is 2. The number of anilines is 2. The van der Waals surface area contributed by atoms with Crippen LogP contribution in [-0.2, 0) is 0 Å². The number of nitrogens with zero attached hydrogens (tertiary/aromatic N) is 2. The van der Waals surface area contributed by atoms with Crippen molar-refractivity contribution in [2.45, 2.75) is 0 Å². The van der Waals surface area contributed by atoms with Crippen molar-refractivity contribution in [2.24, 2.45) is 0 Å². The van der Waals surface area contributed by atoms with Gasteiger partial charge in [0, 0.05) is 22.6 Å². The van der Waals surface area contributed by atoms with Crippen LogP contribution in [0.4, 0.5) is 11.6 Å². The Morgan fingerprint density at radius 3 is 2.70 bits per heavy atom. The zero-order valence-electron chi connectivity index (χ0n) is 10.4. The average Bonchev–Trinajstić information content (AvgIpc) is 2.91. The Morgan fingerprint density at radius 1 is 1.10 bits per heavy atom. The van der Waals surface area contributed by atoms with E-state index in [0.29, 0.717) is 5.02 Å². The molecule has 0 saturated carbocycles. The van der Waals surface area contributed by atoms with Crippen molar-refractivity contribution >= 4 is 39.2 Å². The predicted molar refractivity (Wildman–Crippen MR) is 86.0 cm³/mol. The van der Waals surface area contributed by atoms with Crippen molar-refractivity contribution in [2.75, 3.05) is 5.32 Å². The summed E-state index contributed by atoms with van der Waals surface area (Å²) in [5, 5.41) is 3.94. The minimum Gasteiger partial charge on any atom is -0.325 e. The zero-order chi connectivity index (χ0) is 13.9. The standard InChI is InChI=1S/C15H11BrClN3/c16-11-6-7-13(17)14(10-11)20-9-8-18-15(20)19-12-4-2-1-3-5-12/h1-10H,(H,18,19). The SMILES string of the molecule is Clc1ccc(Br)cc1-n1ccnc1Nc1ccccc1. The lowest BCUT2D eigenvalue weighted by Crippen LogP contribution is -2.01. The van der Waals surface area contributed by atoms with Crippen molar-refractivity contribution in [1.82, 2.24) is 9.55 Å². The summed E-state index contributed by atoms with van der Waals surface area (Å²) >= 11 is 9.73. The summed E-state index contributed by atoms with van der Waals surface area (Å²) in [6.07, 6.45) is 3.61. The van der Waals surface area contributed by atoms with Crippen LogP contribution in [-0.4, -0.2) is 9.55 Å². The molecule has 0 fully saturated rings. The number of halogens is 2. The van der Waals surface area contributed by atoms with Crippen molar-refractivity contribution in [1.29, 1.82) is 0 Å². The maximum Gasteiger partial charge on any atom is 0.212 e. The number of para-hydroxylation sites is 1. The molecule has 1 aromatic heterocycles. The van der Waals surface area contributed by atoms with Gasteiger partial charge in [0.2, 0.25) is 5.95 Å². The lowest BCUT2D eigenvalue weighted by Gasteiger charge is -2.11. The molecule has 3 aromatic rings. The highest BCUT2D eigenvalue weighted by molar-refractivity contribution is 9.10. The number of rotatable bonds is 3. The molecule has 1 N–H and O–H groups in total. The summed E-state index contributed by atoms with van der Waals surface area (Å²) in [6, 6.07) is 15.6. The van der Waals surface area contributed by atoms with Gasteiger partial charge in [0.25, 0.3) is 0 Å². The van der Waals surface area contributed by atoms with E-state index in [-0.39, 0.29) is 0 Å². The van der Waals surface area contributed by atoms with Crippen LogP contribution in [0.1, 0.15) is 0 Å². The lowest BCUT2D eigenvalue weighted by atomic mass is 10.3. The van der Waals surface area contributed by atoms with E-state index in [4.69, 9.17) is 11.6 Å². The van der Waals surface area contributed by atoms with Crippen molar-refractivity contribution < 1.29 is 0 Å². The second kappa shape index (κ2) is 5.69. The molecule has 0 amide bonds. The third-order valence-electron chi connectivity index (χ3n) is 2.84. The maximum atomic E-state index is 6.27. The Kier molecular flexibility index (Phi) is 3.76. The molecule has 0 unspecified atom stereocenters. The first kappa shape index (κ1) is 13.2. The molecule has 0 aliphatic heterocycles. The molecule has 0 aliphatic rings. The molecule has 3 nitrogen and oxygen atoms in total. The molecule has 0 aliphatic carbocycles. The van der Waals surface area contributed by atoms with E-state index in [0.717, 1.165) is 21.8 Å². The predicted octanol–water partition coefficient (Wildman–Crippen LogP) is 5.03. The van der Waals surface area contributed by atoms with Gasteiger partial charge in [-0.15, -0.1) is 0 Å². The Balaban J connectivity index is 2.00. The summed E-state index contributed by atoms with van der Waals surface area (Å²) in [4.78, 5) is 4.34. The highest BCUT2D eigenvalue weighted by atomic mass is 79.9. The van der Waals surface area contributed by atoms with Crippen LogP contribution in [0.15, 0.2) is 65.4 Å². The van der Waals surface area contributed by atoms with Crippen LogP contribution in [0.5, 0.6) is 0 Å². The molecule has 0 radical (unpaired) electrons. The van der Waals surface area contributed by atoms with Gasteiger partial charge in [0.15, 0.2) is 0 Å². The first-order chi connectivity index (χ1) is 9.74. The number of benzene rings is 2.